The fourth-order valence-electron chi connectivity index (χ4n) is 5.62. The molecule has 2 aromatic carbocycles. The number of aliphatic hydroxyl groups excluding tert-OH is 1. The van der Waals surface area contributed by atoms with E-state index in [0.29, 0.717) is 24.8 Å². The van der Waals surface area contributed by atoms with E-state index in [1.807, 2.05) is 0 Å². The highest BCUT2D eigenvalue weighted by molar-refractivity contribution is 7.99. The van der Waals surface area contributed by atoms with Crippen molar-refractivity contribution in [1.29, 1.82) is 0 Å². The largest absolute Gasteiger partial charge is 0.417 e. The molecule has 3 aromatic rings. The molecular formula is C29H31ClF5N5O3S. The third-order valence-electron chi connectivity index (χ3n) is 7.33. The van der Waals surface area contributed by atoms with Gasteiger partial charge in [-0.2, -0.15) is 18.2 Å². The van der Waals surface area contributed by atoms with E-state index in [1.165, 1.54) is 10.6 Å². The second-order valence-corrected chi connectivity index (χ2v) is 11.9. The zero-order chi connectivity index (χ0) is 32.5. The van der Waals surface area contributed by atoms with Crippen molar-refractivity contribution in [2.45, 2.75) is 50.0 Å². The lowest BCUT2D eigenvalue weighted by Gasteiger charge is -2.44. The minimum absolute atomic E-state index is 0.0474. The van der Waals surface area contributed by atoms with Gasteiger partial charge in [0.25, 0.3) is 0 Å². The van der Waals surface area contributed by atoms with E-state index in [-0.39, 0.29) is 65.8 Å². The minimum atomic E-state index is -4.94. The number of alkyl halides is 3. The number of amides is 1. The van der Waals surface area contributed by atoms with Gasteiger partial charge in [-0.25, -0.2) is 13.6 Å². The van der Waals surface area contributed by atoms with Gasteiger partial charge < -0.3 is 20.6 Å². The van der Waals surface area contributed by atoms with Gasteiger partial charge in [-0.15, -0.1) is 11.8 Å². The second kappa shape index (κ2) is 13.4. The summed E-state index contributed by atoms with van der Waals surface area (Å²) >= 11 is 6.95. The molecule has 1 fully saturated rings. The smallest absolute Gasteiger partial charge is 0.395 e. The van der Waals surface area contributed by atoms with E-state index < -0.39 is 45.2 Å². The average molecular weight is 660 g/mol. The van der Waals surface area contributed by atoms with Crippen molar-refractivity contribution in [3.8, 4) is 11.1 Å². The van der Waals surface area contributed by atoms with E-state index in [0.717, 1.165) is 23.9 Å². The van der Waals surface area contributed by atoms with E-state index in [1.54, 1.807) is 23.6 Å². The molecule has 1 aromatic heterocycles. The number of hydrogen-bond acceptors (Lipinski definition) is 7. The van der Waals surface area contributed by atoms with Gasteiger partial charge in [0.15, 0.2) is 0 Å². The Morgan fingerprint density at radius 1 is 1.20 bits per heavy atom. The molecule has 3 N–H and O–H groups in total. The van der Waals surface area contributed by atoms with Gasteiger partial charge >= 0.3 is 11.9 Å². The van der Waals surface area contributed by atoms with Crippen LogP contribution in [0.5, 0.6) is 0 Å². The predicted molar refractivity (Wildman–Crippen MR) is 161 cm³/mol. The first-order valence-corrected chi connectivity index (χ1v) is 15.1. The molecule has 2 atom stereocenters. The summed E-state index contributed by atoms with van der Waals surface area (Å²) in [7, 11) is 0. The Labute approximate surface area is 259 Å². The van der Waals surface area contributed by atoms with Crippen molar-refractivity contribution in [2.75, 3.05) is 36.9 Å². The molecule has 0 spiro atoms. The number of carbonyl (C=O) groups excluding carboxylic acids is 1. The van der Waals surface area contributed by atoms with Crippen LogP contribution in [0.25, 0.3) is 22.0 Å². The normalized spacial score (nSPS) is 18.5. The van der Waals surface area contributed by atoms with Gasteiger partial charge in [0.2, 0.25) is 5.91 Å². The Morgan fingerprint density at radius 2 is 1.84 bits per heavy atom. The number of halogens is 6. The summed E-state index contributed by atoms with van der Waals surface area (Å²) < 4.78 is 74.4. The van der Waals surface area contributed by atoms with Crippen molar-refractivity contribution < 1.29 is 31.9 Å². The summed E-state index contributed by atoms with van der Waals surface area (Å²) in [5.41, 5.74) is 2.16. The van der Waals surface area contributed by atoms with Crippen molar-refractivity contribution in [2.24, 2.45) is 5.73 Å². The first kappa shape index (κ1) is 33.7. The number of aliphatic hydroxyl groups is 1. The minimum Gasteiger partial charge on any atom is -0.395 e. The number of benzene rings is 2. The molecular weight excluding hydrogens is 629 g/mol. The molecule has 8 nitrogen and oxygen atoms in total. The lowest BCUT2D eigenvalue weighted by Crippen LogP contribution is -2.58. The molecule has 238 valence electrons. The number of aryl methyl sites for hydroxylation is 1. The zero-order valence-electron chi connectivity index (χ0n) is 23.9. The quantitative estimate of drug-likeness (QED) is 0.229. The van der Waals surface area contributed by atoms with Gasteiger partial charge in [-0.1, -0.05) is 18.2 Å². The third kappa shape index (κ3) is 6.44. The highest BCUT2D eigenvalue weighted by Gasteiger charge is 2.40. The summed E-state index contributed by atoms with van der Waals surface area (Å²) in [6, 6.07) is 1.47. The monoisotopic (exact) mass is 659 g/mol. The number of anilines is 1. The number of aromatic nitrogens is 2. The van der Waals surface area contributed by atoms with Crippen LogP contribution in [-0.2, 0) is 17.5 Å². The highest BCUT2D eigenvalue weighted by Crippen LogP contribution is 2.49. The van der Waals surface area contributed by atoms with Crippen LogP contribution in [0.15, 0.2) is 40.5 Å². The molecule has 0 radical (unpaired) electrons. The molecule has 1 amide bonds. The molecule has 44 heavy (non-hydrogen) atoms. The van der Waals surface area contributed by atoms with Crippen LogP contribution in [0.1, 0.15) is 25.8 Å². The standard InChI is InChI=1S/C27H24ClF5N4O2S.C2H7NO/c1-4-21(38)37-13(2)11-35(12-14(37)3)25-16-8-17(27(31,32)33)22(15-9-18(28)20(30)10-19(15)29)24-23(16)36(26(39)34-25)6-5-7-40-24;3-1-2-4/h4,8-10,13-14H,1,5-7,11-12H2,2-3H3;4H,1-3H2. The maximum Gasteiger partial charge on any atom is 0.417 e. The SMILES string of the molecule is C=CC(=O)N1C(C)CN(c2nc(=O)n3c4c(c(-c5cc(Cl)c(F)cc5F)c(C(F)(F)F)cc24)SCCC3)CC1C.NCCO. The summed E-state index contributed by atoms with van der Waals surface area (Å²) in [4.78, 5) is 33.3. The van der Waals surface area contributed by atoms with Crippen LogP contribution in [-0.4, -0.2) is 69.5 Å². The van der Waals surface area contributed by atoms with Crippen LogP contribution in [0.3, 0.4) is 0 Å². The van der Waals surface area contributed by atoms with Crippen LogP contribution < -0.4 is 16.3 Å². The first-order valence-electron chi connectivity index (χ1n) is 13.7. The van der Waals surface area contributed by atoms with Gasteiger partial charge in [-0.3, -0.25) is 9.36 Å². The number of thioether (sulfide) groups is 1. The van der Waals surface area contributed by atoms with Crippen LogP contribution in [0, 0.1) is 11.6 Å². The predicted octanol–water partition coefficient (Wildman–Crippen LogP) is 5.06. The Bertz CT molecular complexity index is 1640. The fourth-order valence-corrected chi connectivity index (χ4v) is 6.98. The first-order chi connectivity index (χ1) is 20.7. The van der Waals surface area contributed by atoms with E-state index in [9.17, 15) is 27.2 Å². The second-order valence-electron chi connectivity index (χ2n) is 10.4. The number of nitrogens with two attached hydrogens (primary N) is 1. The van der Waals surface area contributed by atoms with E-state index in [2.05, 4.69) is 11.6 Å². The summed E-state index contributed by atoms with van der Waals surface area (Å²) in [6.07, 6.45) is -3.28. The van der Waals surface area contributed by atoms with Crippen molar-refractivity contribution in [3.05, 3.63) is 63.6 Å². The molecule has 1 saturated heterocycles. The van der Waals surface area contributed by atoms with E-state index >= 15 is 4.39 Å². The highest BCUT2D eigenvalue weighted by atomic mass is 35.5. The lowest BCUT2D eigenvalue weighted by atomic mass is 9.95. The van der Waals surface area contributed by atoms with E-state index in [4.69, 9.17) is 22.4 Å². The average Bonchev–Trinajstić information content (AvgIpc) is 3.20. The number of rotatable bonds is 4. The topological polar surface area (TPSA) is 105 Å². The summed E-state index contributed by atoms with van der Waals surface area (Å²) in [6.45, 7) is 8.22. The number of nitrogens with zero attached hydrogens (tertiary/aromatic N) is 4. The molecule has 2 unspecified atom stereocenters. The van der Waals surface area contributed by atoms with Gasteiger partial charge in [-0.05, 0) is 44.2 Å². The summed E-state index contributed by atoms with van der Waals surface area (Å²) in [5.74, 6) is -2.18. The molecule has 2 aliphatic heterocycles. The lowest BCUT2D eigenvalue weighted by molar-refractivity contribution is -0.137. The zero-order valence-corrected chi connectivity index (χ0v) is 25.5. The van der Waals surface area contributed by atoms with Gasteiger partial charge in [0.05, 0.1) is 22.7 Å². The van der Waals surface area contributed by atoms with Crippen LogP contribution in [0.2, 0.25) is 5.02 Å². The molecule has 3 heterocycles. The molecule has 5 rings (SSSR count). The fraction of sp³-hybridized carbons (Fsp3) is 0.414. The Kier molecular flexibility index (Phi) is 10.3. The van der Waals surface area contributed by atoms with Gasteiger partial charge in [0, 0.05) is 65.7 Å². The maximum absolute atomic E-state index is 15.1. The molecule has 0 saturated carbocycles. The number of carbonyl (C=O) groups is 1. The Hall–Kier alpha value is -3.20. The Morgan fingerprint density at radius 3 is 2.41 bits per heavy atom. The molecule has 15 heteroatoms. The molecule has 2 aliphatic rings. The number of hydrogen-bond donors (Lipinski definition) is 2. The summed E-state index contributed by atoms with van der Waals surface area (Å²) in [5, 5.41) is 7.30. The van der Waals surface area contributed by atoms with Crippen molar-refractivity contribution >= 4 is 46.0 Å². The van der Waals surface area contributed by atoms with Crippen LogP contribution in [0.4, 0.5) is 27.8 Å². The molecule has 0 aliphatic carbocycles. The molecule has 0 bridgehead atoms. The number of piperazine rings is 1. The van der Waals surface area contributed by atoms with Crippen LogP contribution >= 0.6 is 23.4 Å². The van der Waals surface area contributed by atoms with Crippen molar-refractivity contribution in [1.82, 2.24) is 14.5 Å². The maximum atomic E-state index is 15.1. The third-order valence-corrected chi connectivity index (χ3v) is 8.80. The van der Waals surface area contributed by atoms with Gasteiger partial charge in [0.1, 0.15) is 17.5 Å². The van der Waals surface area contributed by atoms with Crippen molar-refractivity contribution in [3.63, 3.8) is 0 Å². The Balaban J connectivity index is 0.00000104.